The lowest BCUT2D eigenvalue weighted by atomic mass is 10.1. The van der Waals surface area contributed by atoms with Crippen LogP contribution in [0.15, 0.2) is 18.2 Å². The van der Waals surface area contributed by atoms with Crippen molar-refractivity contribution >= 4 is 22.1 Å². The van der Waals surface area contributed by atoms with Crippen LogP contribution in [0.3, 0.4) is 0 Å². The quantitative estimate of drug-likeness (QED) is 0.196. The monoisotopic (exact) mass is 654 g/mol. The van der Waals surface area contributed by atoms with E-state index in [-0.39, 0.29) is 12.1 Å². The second-order valence-corrected chi connectivity index (χ2v) is 8.51. The Labute approximate surface area is 217 Å². The van der Waals surface area contributed by atoms with Crippen LogP contribution in [-0.2, 0) is 29.1 Å². The lowest BCUT2D eigenvalue weighted by Gasteiger charge is -2.37. The molecule has 236 valence electrons. The smallest absolute Gasteiger partial charge is 0.460 e. The molecular weight excluding hydrogens is 643 g/mol. The van der Waals surface area contributed by atoms with Crippen molar-refractivity contribution in [2.24, 2.45) is 0 Å². The lowest BCUT2D eigenvalue weighted by Crippen LogP contribution is -2.65. The summed E-state index contributed by atoms with van der Waals surface area (Å²) >= 11 is 0. The summed E-state index contributed by atoms with van der Waals surface area (Å²) in [5, 5.41) is -7.29. The van der Waals surface area contributed by atoms with E-state index in [1.807, 2.05) is 0 Å². The number of benzene rings is 1. The molecule has 1 aromatic carbocycles. The first kappa shape index (κ1) is 35.9. The van der Waals surface area contributed by atoms with Gasteiger partial charge in [0.05, 0.1) is 25.3 Å². The number of esters is 2. The normalized spacial score (nSPS) is 16.0. The van der Waals surface area contributed by atoms with E-state index < -0.39 is 80.9 Å². The van der Waals surface area contributed by atoms with E-state index in [1.54, 1.807) is 4.74 Å². The molecule has 24 heteroatoms. The molecule has 1 aromatic rings. The minimum absolute atomic E-state index is 0.202. The molecule has 1 rings (SSSR count). The zero-order valence-electron chi connectivity index (χ0n) is 19.3. The number of hydrogen-bond donors (Lipinski definition) is 1. The summed E-state index contributed by atoms with van der Waals surface area (Å²) in [6.07, 6.45) is -34.1. The number of carbonyl (C=O) groups is 2. The molecule has 2 unspecified atom stereocenters. The standard InChI is InChI=1S/C17H11F13O10S/c1-36-9(31)6-3-7(10(32)37-2)5-8(4-6)38-12(19,20)11(18)39-15(25,26)13(21,14(22,23)24)40-16(27,28)17(29,30)41(33,34)35/h3-5,11H,1-2H3,(H,33,34,35). The highest BCUT2D eigenvalue weighted by atomic mass is 32.2. The van der Waals surface area contributed by atoms with E-state index in [0.29, 0.717) is 6.07 Å². The Balaban J connectivity index is 3.50. The van der Waals surface area contributed by atoms with Gasteiger partial charge in [0.25, 0.3) is 0 Å². The van der Waals surface area contributed by atoms with E-state index in [1.165, 1.54) is 0 Å². The predicted molar refractivity (Wildman–Crippen MR) is 98.0 cm³/mol. The van der Waals surface area contributed by atoms with Gasteiger partial charge >= 0.3 is 64.0 Å². The highest BCUT2D eigenvalue weighted by Crippen LogP contribution is 2.53. The Bertz CT molecular complexity index is 1220. The third-order valence-electron chi connectivity index (χ3n) is 4.19. The van der Waals surface area contributed by atoms with Gasteiger partial charge in [-0.2, -0.15) is 61.1 Å². The summed E-state index contributed by atoms with van der Waals surface area (Å²) in [5.74, 6) is -12.1. The van der Waals surface area contributed by atoms with Crippen LogP contribution in [0.2, 0.25) is 0 Å². The van der Waals surface area contributed by atoms with Crippen LogP contribution in [0.5, 0.6) is 5.75 Å². The highest BCUT2D eigenvalue weighted by Gasteiger charge is 2.82. The topological polar surface area (TPSA) is 135 Å². The summed E-state index contributed by atoms with van der Waals surface area (Å²) in [5.41, 5.74) is -1.70. The summed E-state index contributed by atoms with van der Waals surface area (Å²) < 4.78 is 221. The molecule has 0 spiro atoms. The molecule has 0 fully saturated rings. The fourth-order valence-electron chi connectivity index (χ4n) is 2.28. The molecule has 0 aliphatic carbocycles. The first-order valence-corrected chi connectivity index (χ1v) is 10.8. The number of hydrogen-bond acceptors (Lipinski definition) is 9. The molecule has 0 aromatic heterocycles. The molecule has 0 heterocycles. The molecule has 41 heavy (non-hydrogen) atoms. The van der Waals surface area contributed by atoms with Crippen molar-refractivity contribution in [2.45, 2.75) is 42.0 Å². The van der Waals surface area contributed by atoms with Gasteiger partial charge in [0, 0.05) is 0 Å². The van der Waals surface area contributed by atoms with Crippen molar-refractivity contribution in [3.8, 4) is 5.75 Å². The molecule has 0 bridgehead atoms. The van der Waals surface area contributed by atoms with Crippen LogP contribution < -0.4 is 4.74 Å². The van der Waals surface area contributed by atoms with Gasteiger partial charge in [-0.3, -0.25) is 14.0 Å². The van der Waals surface area contributed by atoms with E-state index in [9.17, 15) is 75.1 Å². The maximum Gasteiger partial charge on any atom is 0.460 e. The van der Waals surface area contributed by atoms with Crippen LogP contribution in [-0.4, -0.2) is 81.1 Å². The van der Waals surface area contributed by atoms with Crippen molar-refractivity contribution in [1.29, 1.82) is 0 Å². The first-order valence-electron chi connectivity index (χ1n) is 9.37. The van der Waals surface area contributed by atoms with Crippen LogP contribution in [0.1, 0.15) is 20.7 Å². The van der Waals surface area contributed by atoms with E-state index in [2.05, 4.69) is 18.9 Å². The average Bonchev–Trinajstić information content (AvgIpc) is 2.80. The zero-order valence-corrected chi connectivity index (χ0v) is 20.1. The Hall–Kier alpha value is -3.12. The molecular formula is C17H11F13O10S. The van der Waals surface area contributed by atoms with Gasteiger partial charge < -0.3 is 14.2 Å². The largest absolute Gasteiger partial charge is 0.465 e. The third kappa shape index (κ3) is 7.21. The average molecular weight is 654 g/mol. The van der Waals surface area contributed by atoms with E-state index >= 15 is 0 Å². The van der Waals surface area contributed by atoms with Gasteiger partial charge in [-0.05, 0) is 18.2 Å². The van der Waals surface area contributed by atoms with Crippen LogP contribution in [0, 0.1) is 0 Å². The van der Waals surface area contributed by atoms with E-state index in [0.717, 1.165) is 14.2 Å². The SMILES string of the molecule is COC(=O)c1cc(OC(F)(F)C(F)OC(F)(F)C(F)(OC(F)(F)C(F)(F)S(=O)(=O)O)C(F)(F)F)cc(C(=O)OC)c1. The van der Waals surface area contributed by atoms with Gasteiger partial charge in [0.2, 0.25) is 0 Å². The molecule has 0 aliphatic heterocycles. The van der Waals surface area contributed by atoms with E-state index in [4.69, 9.17) is 4.55 Å². The van der Waals surface area contributed by atoms with Crippen LogP contribution >= 0.6 is 0 Å². The minimum Gasteiger partial charge on any atom is -0.465 e. The van der Waals surface area contributed by atoms with Gasteiger partial charge in [-0.25, -0.2) is 14.0 Å². The fraction of sp³-hybridized carbons (Fsp3) is 0.529. The zero-order chi connectivity index (χ0) is 32.6. The molecule has 0 amide bonds. The molecule has 0 saturated carbocycles. The maximum absolute atomic E-state index is 14.2. The lowest BCUT2D eigenvalue weighted by molar-refractivity contribution is -0.527. The van der Waals surface area contributed by atoms with Crippen molar-refractivity contribution in [1.82, 2.24) is 0 Å². The number of ether oxygens (including phenoxy) is 5. The van der Waals surface area contributed by atoms with Crippen molar-refractivity contribution < 1.29 is 103 Å². The predicted octanol–water partition coefficient (Wildman–Crippen LogP) is 4.45. The maximum atomic E-state index is 14.2. The second kappa shape index (κ2) is 11.3. The summed E-state index contributed by atoms with van der Waals surface area (Å²) in [4.78, 5) is 23.2. The van der Waals surface area contributed by atoms with Gasteiger partial charge in [-0.15, -0.1) is 0 Å². The number of methoxy groups -OCH3 is 2. The second-order valence-electron chi connectivity index (χ2n) is 7.05. The van der Waals surface area contributed by atoms with Gasteiger partial charge in [0.15, 0.2) is 0 Å². The number of halogens is 13. The summed E-state index contributed by atoms with van der Waals surface area (Å²) in [6, 6.07) is 1.00. The number of rotatable bonds is 12. The number of alkyl halides is 13. The van der Waals surface area contributed by atoms with Gasteiger partial charge in [-0.1, -0.05) is 0 Å². The summed E-state index contributed by atoms with van der Waals surface area (Å²) in [6.45, 7) is 0. The molecule has 2 atom stereocenters. The number of carbonyl (C=O) groups excluding carboxylic acids is 2. The fourth-order valence-corrected chi connectivity index (χ4v) is 2.62. The Kier molecular flexibility index (Phi) is 9.88. The van der Waals surface area contributed by atoms with Crippen molar-refractivity contribution in [3.05, 3.63) is 29.3 Å². The molecule has 0 aliphatic rings. The molecule has 10 nitrogen and oxygen atoms in total. The first-order chi connectivity index (χ1) is 18.1. The Morgan fingerprint density at radius 3 is 1.54 bits per heavy atom. The van der Waals surface area contributed by atoms with Gasteiger partial charge in [0.1, 0.15) is 5.75 Å². The third-order valence-corrected chi connectivity index (χ3v) is 5.07. The molecule has 0 radical (unpaired) electrons. The summed E-state index contributed by atoms with van der Waals surface area (Å²) in [7, 11) is -6.10. The minimum atomic E-state index is -7.74. The van der Waals surface area contributed by atoms with Crippen LogP contribution in [0.4, 0.5) is 57.1 Å². The van der Waals surface area contributed by atoms with Crippen molar-refractivity contribution in [2.75, 3.05) is 14.2 Å². The van der Waals surface area contributed by atoms with Crippen LogP contribution in [0.25, 0.3) is 0 Å². The highest BCUT2D eigenvalue weighted by molar-refractivity contribution is 7.86. The Morgan fingerprint density at radius 2 is 1.20 bits per heavy atom. The Morgan fingerprint density at radius 1 is 0.780 bits per heavy atom. The van der Waals surface area contributed by atoms with Crippen molar-refractivity contribution in [3.63, 3.8) is 0 Å². The molecule has 1 N–H and O–H groups in total. The molecule has 0 saturated heterocycles.